The summed E-state index contributed by atoms with van der Waals surface area (Å²) >= 11 is 0. The Kier molecular flexibility index (Phi) is 49.1. The van der Waals surface area contributed by atoms with Crippen LogP contribution in [0.15, 0.2) is 0 Å². The number of amides is 1. The van der Waals surface area contributed by atoms with Crippen LogP contribution in [0, 0.1) is 0 Å². The average Bonchev–Trinajstić information content (AvgIpc) is 3.28. The van der Waals surface area contributed by atoms with Gasteiger partial charge in [-0.1, -0.05) is 290 Å². The van der Waals surface area contributed by atoms with Crippen LogP contribution in [-0.2, 0) is 18.4 Å². The first-order chi connectivity index (χ1) is 32.0. The largest absolute Gasteiger partial charge is 0.756 e. The number of carbonyl (C=O) groups excluding carboxylic acids is 1. The maximum atomic E-state index is 13.0. The third-order valence-electron chi connectivity index (χ3n) is 13.8. The second-order valence-corrected chi connectivity index (χ2v) is 23.1. The van der Waals surface area contributed by atoms with E-state index < -0.39 is 20.0 Å². The minimum Gasteiger partial charge on any atom is -0.756 e. The van der Waals surface area contributed by atoms with Crippen LogP contribution in [-0.4, -0.2) is 68.5 Å². The zero-order chi connectivity index (χ0) is 48.5. The Balaban J connectivity index is 4.12. The number of phosphoric ester groups is 1. The lowest BCUT2D eigenvalue weighted by Crippen LogP contribution is -2.46. The van der Waals surface area contributed by atoms with Crippen molar-refractivity contribution in [3.8, 4) is 0 Å². The zero-order valence-electron chi connectivity index (χ0n) is 45.2. The van der Waals surface area contributed by atoms with Crippen LogP contribution in [0.1, 0.15) is 309 Å². The molecule has 0 aliphatic heterocycles. The SMILES string of the molecule is CCCCCCCCCCCCCCCCCCCCCCCCCCC(O)C(COP(=O)([O-])OCC[N+](C)(C)C)NC(=O)CCCCCCCCCCCCCCCCCCCCCC. The number of quaternary nitrogens is 1. The molecule has 0 radical (unpaired) electrons. The minimum atomic E-state index is -4.57. The molecule has 8 nitrogen and oxygen atoms in total. The van der Waals surface area contributed by atoms with Crippen molar-refractivity contribution >= 4 is 13.7 Å². The van der Waals surface area contributed by atoms with E-state index in [1.807, 2.05) is 21.1 Å². The molecular weight excluding hydrogens is 840 g/mol. The summed E-state index contributed by atoms with van der Waals surface area (Å²) in [5.74, 6) is -0.156. The molecule has 0 aliphatic rings. The highest BCUT2D eigenvalue weighted by molar-refractivity contribution is 7.45. The number of likely N-dealkylation sites (N-methyl/N-ethyl adjacent to an activating group) is 1. The molecule has 3 atom stereocenters. The number of nitrogens with one attached hydrogen (secondary N) is 1. The molecular formula is C57H117N2O6P. The predicted octanol–water partition coefficient (Wildman–Crippen LogP) is 17.0. The average molecular weight is 958 g/mol. The van der Waals surface area contributed by atoms with E-state index in [1.54, 1.807) is 0 Å². The summed E-state index contributed by atoms with van der Waals surface area (Å²) in [7, 11) is 1.33. The van der Waals surface area contributed by atoms with Crippen molar-refractivity contribution in [2.45, 2.75) is 321 Å². The molecule has 0 fully saturated rings. The van der Waals surface area contributed by atoms with Gasteiger partial charge >= 0.3 is 0 Å². The Morgan fingerprint density at radius 1 is 0.470 bits per heavy atom. The molecule has 0 aromatic heterocycles. The van der Waals surface area contributed by atoms with Crippen LogP contribution in [0.2, 0.25) is 0 Å². The van der Waals surface area contributed by atoms with E-state index in [4.69, 9.17) is 9.05 Å². The van der Waals surface area contributed by atoms with Crippen molar-refractivity contribution in [2.24, 2.45) is 0 Å². The van der Waals surface area contributed by atoms with Crippen molar-refractivity contribution in [3.05, 3.63) is 0 Å². The second kappa shape index (κ2) is 49.5. The van der Waals surface area contributed by atoms with E-state index in [1.165, 1.54) is 244 Å². The van der Waals surface area contributed by atoms with E-state index >= 15 is 0 Å². The third-order valence-corrected chi connectivity index (χ3v) is 14.8. The maximum absolute atomic E-state index is 13.0. The summed E-state index contributed by atoms with van der Waals surface area (Å²) in [4.78, 5) is 25.5. The summed E-state index contributed by atoms with van der Waals surface area (Å²) in [5.41, 5.74) is 0. The Morgan fingerprint density at radius 3 is 1.03 bits per heavy atom. The standard InChI is InChI=1S/C57H117N2O6P/c1-6-8-10-12-14-16-18-20-22-24-26-28-29-30-31-32-34-36-38-40-42-44-46-48-50-56(60)55(54-65-66(62,63)64-53-52-59(3,4)5)58-57(61)51-49-47-45-43-41-39-37-35-33-27-25-23-21-19-17-15-13-11-9-7-2/h55-56,60H,6-54H2,1-5H3,(H-,58,61,62,63). The highest BCUT2D eigenvalue weighted by Crippen LogP contribution is 2.38. The highest BCUT2D eigenvalue weighted by Gasteiger charge is 2.24. The normalized spacial score (nSPS) is 13.9. The Bertz CT molecular complexity index is 1040. The van der Waals surface area contributed by atoms with Gasteiger partial charge in [-0.05, 0) is 12.8 Å². The molecule has 0 spiro atoms. The molecule has 0 bridgehead atoms. The topological polar surface area (TPSA) is 108 Å². The van der Waals surface area contributed by atoms with Crippen LogP contribution in [0.4, 0.5) is 0 Å². The molecule has 9 heteroatoms. The summed E-state index contributed by atoms with van der Waals surface area (Å²) in [6.45, 7) is 4.78. The quantitative estimate of drug-likeness (QED) is 0.0357. The van der Waals surface area contributed by atoms with Gasteiger partial charge in [0.2, 0.25) is 5.91 Å². The van der Waals surface area contributed by atoms with E-state index in [2.05, 4.69) is 19.2 Å². The van der Waals surface area contributed by atoms with Gasteiger partial charge in [-0.25, -0.2) is 0 Å². The molecule has 396 valence electrons. The molecule has 1 amide bonds. The van der Waals surface area contributed by atoms with Gasteiger partial charge in [-0.15, -0.1) is 0 Å². The number of aliphatic hydroxyl groups excluding tert-OH is 1. The van der Waals surface area contributed by atoms with Gasteiger partial charge in [0.05, 0.1) is 39.9 Å². The molecule has 2 N–H and O–H groups in total. The first-order valence-electron chi connectivity index (χ1n) is 29.4. The molecule has 3 unspecified atom stereocenters. The van der Waals surface area contributed by atoms with Gasteiger partial charge in [-0.3, -0.25) is 9.36 Å². The van der Waals surface area contributed by atoms with Crippen molar-refractivity contribution in [1.29, 1.82) is 0 Å². The number of rotatable bonds is 55. The zero-order valence-corrected chi connectivity index (χ0v) is 46.1. The molecule has 0 saturated heterocycles. The van der Waals surface area contributed by atoms with Gasteiger partial charge in [0.15, 0.2) is 0 Å². The van der Waals surface area contributed by atoms with Crippen LogP contribution in [0.25, 0.3) is 0 Å². The molecule has 0 aliphatic carbocycles. The lowest BCUT2D eigenvalue weighted by atomic mass is 10.0. The summed E-state index contributed by atoms with van der Waals surface area (Å²) < 4.78 is 23.4. The van der Waals surface area contributed by atoms with Crippen LogP contribution < -0.4 is 10.2 Å². The van der Waals surface area contributed by atoms with Gasteiger partial charge in [0.25, 0.3) is 7.82 Å². The number of hydrogen-bond donors (Lipinski definition) is 2. The fourth-order valence-corrected chi connectivity index (χ4v) is 9.94. The molecule has 0 saturated carbocycles. The molecule has 0 aromatic rings. The highest BCUT2D eigenvalue weighted by atomic mass is 31.2. The summed E-state index contributed by atoms with van der Waals surface area (Å²) in [6.07, 6.45) is 58.5. The van der Waals surface area contributed by atoms with Crippen molar-refractivity contribution in [3.63, 3.8) is 0 Å². The molecule has 0 rings (SSSR count). The van der Waals surface area contributed by atoms with Crippen molar-refractivity contribution in [1.82, 2.24) is 5.32 Å². The predicted molar refractivity (Wildman–Crippen MR) is 284 cm³/mol. The second-order valence-electron chi connectivity index (χ2n) is 21.7. The summed E-state index contributed by atoms with van der Waals surface area (Å²) in [5, 5.41) is 14.0. The first kappa shape index (κ1) is 65.5. The number of nitrogens with zero attached hydrogens (tertiary/aromatic N) is 1. The minimum absolute atomic E-state index is 0.0167. The van der Waals surface area contributed by atoms with Crippen LogP contribution >= 0.6 is 7.82 Å². The number of aliphatic hydroxyl groups is 1. The van der Waals surface area contributed by atoms with Gasteiger partial charge in [0, 0.05) is 6.42 Å². The van der Waals surface area contributed by atoms with E-state index in [0.29, 0.717) is 23.9 Å². The first-order valence-corrected chi connectivity index (χ1v) is 30.8. The van der Waals surface area contributed by atoms with Gasteiger partial charge < -0.3 is 28.8 Å². The van der Waals surface area contributed by atoms with Gasteiger partial charge in [-0.2, -0.15) is 0 Å². The van der Waals surface area contributed by atoms with E-state index in [-0.39, 0.29) is 19.1 Å². The lowest BCUT2D eigenvalue weighted by Gasteiger charge is -2.30. The Labute approximate surface area is 412 Å². The van der Waals surface area contributed by atoms with Crippen molar-refractivity contribution in [2.75, 3.05) is 40.9 Å². The number of unbranched alkanes of at least 4 members (excludes halogenated alkanes) is 42. The number of hydrogen-bond acceptors (Lipinski definition) is 6. The molecule has 66 heavy (non-hydrogen) atoms. The van der Waals surface area contributed by atoms with Gasteiger partial charge in [0.1, 0.15) is 13.2 Å². The van der Waals surface area contributed by atoms with E-state index in [9.17, 15) is 19.4 Å². The smallest absolute Gasteiger partial charge is 0.268 e. The monoisotopic (exact) mass is 957 g/mol. The Hall–Kier alpha value is -0.500. The number of carbonyl (C=O) groups is 1. The van der Waals surface area contributed by atoms with Crippen LogP contribution in [0.5, 0.6) is 0 Å². The maximum Gasteiger partial charge on any atom is 0.268 e. The fourth-order valence-electron chi connectivity index (χ4n) is 9.22. The molecule has 0 heterocycles. The fraction of sp³-hybridized carbons (Fsp3) is 0.982. The molecule has 0 aromatic carbocycles. The Morgan fingerprint density at radius 2 is 0.742 bits per heavy atom. The van der Waals surface area contributed by atoms with E-state index in [0.717, 1.165) is 38.5 Å². The lowest BCUT2D eigenvalue weighted by molar-refractivity contribution is -0.870. The summed E-state index contributed by atoms with van der Waals surface area (Å²) in [6, 6.07) is -0.795. The van der Waals surface area contributed by atoms with Crippen molar-refractivity contribution < 1.29 is 32.9 Å². The van der Waals surface area contributed by atoms with Crippen LogP contribution in [0.3, 0.4) is 0 Å². The number of phosphoric acid groups is 1. The third kappa shape index (κ3) is 51.4.